The summed E-state index contributed by atoms with van der Waals surface area (Å²) in [4.78, 5) is 72.7. The monoisotopic (exact) mass is 1400 g/mol. The van der Waals surface area contributed by atoms with Crippen LogP contribution in [-0.2, 0) is 65.4 Å². The number of rotatable bonds is 73. The van der Waals surface area contributed by atoms with Gasteiger partial charge in [-0.3, -0.25) is 37.3 Å². The van der Waals surface area contributed by atoms with E-state index < -0.39 is 97.5 Å². The van der Waals surface area contributed by atoms with Crippen LogP contribution >= 0.6 is 15.6 Å². The first-order valence-electron chi connectivity index (χ1n) is 39.2. The average Bonchev–Trinajstić information content (AvgIpc) is 3.70. The van der Waals surface area contributed by atoms with Crippen LogP contribution < -0.4 is 0 Å². The predicted octanol–water partition coefficient (Wildman–Crippen LogP) is 22.0. The molecule has 3 N–H and O–H groups in total. The maximum Gasteiger partial charge on any atom is 0.472 e. The van der Waals surface area contributed by atoms with Crippen molar-refractivity contribution < 1.29 is 80.2 Å². The molecule has 0 radical (unpaired) electrons. The Morgan fingerprint density at radius 3 is 0.747 bits per heavy atom. The Hall–Kier alpha value is -1.94. The largest absolute Gasteiger partial charge is 0.472 e. The second kappa shape index (κ2) is 65.4. The normalized spacial score (nSPS) is 14.4. The van der Waals surface area contributed by atoms with E-state index in [4.69, 9.17) is 37.0 Å². The molecule has 0 aliphatic heterocycles. The zero-order valence-electron chi connectivity index (χ0n) is 62.3. The van der Waals surface area contributed by atoms with Crippen molar-refractivity contribution in [3.05, 3.63) is 0 Å². The number of esters is 4. The fraction of sp³-hybridized carbons (Fsp3) is 0.947. The summed E-state index contributed by atoms with van der Waals surface area (Å²) in [5.74, 6) is 0.906. The molecule has 0 saturated carbocycles. The number of aliphatic hydroxyl groups excluding tert-OH is 1. The van der Waals surface area contributed by atoms with Crippen molar-refractivity contribution in [1.29, 1.82) is 0 Å². The van der Waals surface area contributed by atoms with Crippen LogP contribution in [0.4, 0.5) is 0 Å². The van der Waals surface area contributed by atoms with E-state index >= 15 is 0 Å². The van der Waals surface area contributed by atoms with Crippen molar-refractivity contribution in [2.45, 2.75) is 401 Å². The zero-order valence-corrected chi connectivity index (χ0v) is 64.1. The summed E-state index contributed by atoms with van der Waals surface area (Å²) in [7, 11) is -9.91. The molecule has 95 heavy (non-hydrogen) atoms. The van der Waals surface area contributed by atoms with Gasteiger partial charge in [0.15, 0.2) is 12.2 Å². The van der Waals surface area contributed by atoms with Crippen molar-refractivity contribution in [2.24, 2.45) is 23.7 Å². The highest BCUT2D eigenvalue weighted by Crippen LogP contribution is 2.45. The average molecular weight is 1400 g/mol. The van der Waals surface area contributed by atoms with Crippen LogP contribution in [0.5, 0.6) is 0 Å². The Balaban J connectivity index is 5.19. The van der Waals surface area contributed by atoms with Crippen molar-refractivity contribution >= 4 is 39.5 Å². The van der Waals surface area contributed by atoms with Crippen LogP contribution in [0, 0.1) is 23.7 Å². The Labute approximate surface area is 581 Å². The standard InChI is InChI=1S/C76H148O17P2/c1-9-69(8)55-47-39-34-35-41-49-57-74(79)87-63-72(93-75(80)58-50-42-32-24-19-17-15-13-11-10-12-14-16-18-22-28-36-44-52-66(2)3)65-91-95(84,85)89-61-70(77)60-88-94(82,83)90-64-71(62-86-73(78)56-48-40-31-27-26-30-38-46-54-68(6)7)92-76(81)59-51-43-33-25-21-20-23-29-37-45-53-67(4)5/h66-72,77H,9-65H2,1-8H3,(H,82,83)(H,84,85)/t69?,70-,71-,72-/m1/s1. The zero-order chi connectivity index (χ0) is 70.3. The minimum absolute atomic E-state index is 0.105. The summed E-state index contributed by atoms with van der Waals surface area (Å²) in [6.45, 7) is 14.1. The smallest absolute Gasteiger partial charge is 0.462 e. The molecular formula is C76H148O17P2. The van der Waals surface area contributed by atoms with Gasteiger partial charge in [-0.05, 0) is 49.4 Å². The van der Waals surface area contributed by atoms with Gasteiger partial charge in [0, 0.05) is 25.7 Å². The lowest BCUT2D eigenvalue weighted by molar-refractivity contribution is -0.161. The predicted molar refractivity (Wildman–Crippen MR) is 386 cm³/mol. The third-order valence-electron chi connectivity index (χ3n) is 17.9. The summed E-state index contributed by atoms with van der Waals surface area (Å²) in [6.07, 6.45) is 50.1. The third-order valence-corrected chi connectivity index (χ3v) is 19.8. The number of phosphoric acid groups is 2. The number of carbonyl (C=O) groups is 4. The van der Waals surface area contributed by atoms with E-state index in [0.29, 0.717) is 25.7 Å². The van der Waals surface area contributed by atoms with Gasteiger partial charge in [-0.25, -0.2) is 9.13 Å². The van der Waals surface area contributed by atoms with Gasteiger partial charge in [-0.15, -0.1) is 0 Å². The molecule has 0 saturated heterocycles. The van der Waals surface area contributed by atoms with Crippen LogP contribution in [-0.4, -0.2) is 96.7 Å². The molecule has 0 aromatic heterocycles. The van der Waals surface area contributed by atoms with Crippen molar-refractivity contribution in [1.82, 2.24) is 0 Å². The van der Waals surface area contributed by atoms with Gasteiger partial charge < -0.3 is 33.8 Å². The first kappa shape index (κ1) is 93.1. The lowest BCUT2D eigenvalue weighted by Crippen LogP contribution is -2.30. The van der Waals surface area contributed by atoms with Crippen LogP contribution in [0.1, 0.15) is 383 Å². The molecule has 0 aliphatic rings. The Morgan fingerprint density at radius 2 is 0.505 bits per heavy atom. The van der Waals surface area contributed by atoms with Gasteiger partial charge >= 0.3 is 39.5 Å². The van der Waals surface area contributed by atoms with Gasteiger partial charge in [0.05, 0.1) is 26.4 Å². The number of ether oxygens (including phenoxy) is 4. The Bertz CT molecular complexity index is 1870. The first-order chi connectivity index (χ1) is 45.6. The minimum atomic E-state index is -4.96. The van der Waals surface area contributed by atoms with Crippen LogP contribution in [0.25, 0.3) is 0 Å². The molecule has 0 aromatic carbocycles. The molecule has 3 unspecified atom stereocenters. The fourth-order valence-corrected chi connectivity index (χ4v) is 13.1. The summed E-state index contributed by atoms with van der Waals surface area (Å²) in [6, 6.07) is 0. The van der Waals surface area contributed by atoms with E-state index in [1.54, 1.807) is 0 Å². The molecule has 0 fully saturated rings. The highest BCUT2D eigenvalue weighted by Gasteiger charge is 2.30. The van der Waals surface area contributed by atoms with E-state index in [0.717, 1.165) is 120 Å². The molecule has 0 amide bonds. The van der Waals surface area contributed by atoms with Crippen molar-refractivity contribution in [3.63, 3.8) is 0 Å². The second-order valence-electron chi connectivity index (χ2n) is 29.1. The van der Waals surface area contributed by atoms with Crippen molar-refractivity contribution in [2.75, 3.05) is 39.6 Å². The van der Waals surface area contributed by atoms with E-state index in [2.05, 4.69) is 55.4 Å². The molecule has 0 spiro atoms. The number of phosphoric ester groups is 2. The number of unbranched alkanes of at least 4 members (excludes halogenated alkanes) is 38. The third kappa shape index (κ3) is 69.0. The van der Waals surface area contributed by atoms with E-state index in [1.165, 1.54) is 180 Å². The van der Waals surface area contributed by atoms with Gasteiger partial charge in [0.25, 0.3) is 0 Å². The number of hydrogen-bond donors (Lipinski definition) is 3. The minimum Gasteiger partial charge on any atom is -0.462 e. The van der Waals surface area contributed by atoms with Gasteiger partial charge in [-0.2, -0.15) is 0 Å². The molecule has 564 valence electrons. The second-order valence-corrected chi connectivity index (χ2v) is 32.0. The molecule has 6 atom stereocenters. The van der Waals surface area contributed by atoms with Crippen molar-refractivity contribution in [3.8, 4) is 0 Å². The number of aliphatic hydroxyl groups is 1. The molecule has 19 heteroatoms. The van der Waals surface area contributed by atoms with Gasteiger partial charge in [0.2, 0.25) is 0 Å². The molecule has 0 rings (SSSR count). The Kier molecular flexibility index (Phi) is 64.0. The van der Waals surface area contributed by atoms with Gasteiger partial charge in [0.1, 0.15) is 19.3 Å². The summed E-state index contributed by atoms with van der Waals surface area (Å²) in [5.41, 5.74) is 0. The highest BCUT2D eigenvalue weighted by atomic mass is 31.2. The Morgan fingerprint density at radius 1 is 0.295 bits per heavy atom. The van der Waals surface area contributed by atoms with Gasteiger partial charge in [-0.1, -0.05) is 331 Å². The maximum absolute atomic E-state index is 13.1. The topological polar surface area (TPSA) is 237 Å². The van der Waals surface area contributed by atoms with E-state index in [9.17, 15) is 43.2 Å². The maximum atomic E-state index is 13.1. The first-order valence-corrected chi connectivity index (χ1v) is 42.2. The summed E-state index contributed by atoms with van der Waals surface area (Å²) < 4.78 is 68.5. The quantitative estimate of drug-likeness (QED) is 0.0222. The lowest BCUT2D eigenvalue weighted by atomic mass is 10.00. The highest BCUT2D eigenvalue weighted by molar-refractivity contribution is 7.47. The lowest BCUT2D eigenvalue weighted by Gasteiger charge is -2.21. The molecule has 0 aliphatic carbocycles. The molecule has 17 nitrogen and oxygen atoms in total. The number of carbonyl (C=O) groups excluding carboxylic acids is 4. The molecular weight excluding hydrogens is 1250 g/mol. The summed E-state index contributed by atoms with van der Waals surface area (Å²) in [5, 5.41) is 10.6. The van der Waals surface area contributed by atoms with E-state index in [1.807, 2.05) is 0 Å². The number of hydrogen-bond acceptors (Lipinski definition) is 15. The summed E-state index contributed by atoms with van der Waals surface area (Å²) >= 11 is 0. The fourth-order valence-electron chi connectivity index (χ4n) is 11.5. The molecule has 0 heterocycles. The SMILES string of the molecule is CCC(C)CCCCCCCCC(=O)OC[C@H](COP(=O)(O)OC[C@H](O)COP(=O)(O)OC[C@@H](COC(=O)CCCCCCCCCCC(C)C)OC(=O)CCCCCCCCCCCCC(C)C)OC(=O)CCCCCCCCCCCCCCCCCCCCC(C)C. The van der Waals surface area contributed by atoms with E-state index in [-0.39, 0.29) is 25.7 Å². The van der Waals surface area contributed by atoms with Crippen LogP contribution in [0.2, 0.25) is 0 Å². The molecule has 0 bridgehead atoms. The van der Waals surface area contributed by atoms with Crippen LogP contribution in [0.3, 0.4) is 0 Å². The van der Waals surface area contributed by atoms with Crippen LogP contribution in [0.15, 0.2) is 0 Å². The molecule has 0 aromatic rings.